The third-order valence-corrected chi connectivity index (χ3v) is 5.55. The monoisotopic (exact) mass is 444 g/mol. The Morgan fingerprint density at radius 3 is 2.55 bits per heavy atom. The van der Waals surface area contributed by atoms with Crippen molar-refractivity contribution in [2.24, 2.45) is 5.73 Å². The van der Waals surface area contributed by atoms with E-state index in [1.54, 1.807) is 72.6 Å². The number of ether oxygens (including phenoxy) is 1. The maximum atomic E-state index is 13.2. The van der Waals surface area contributed by atoms with Crippen molar-refractivity contribution in [3.8, 4) is 11.5 Å². The van der Waals surface area contributed by atoms with Gasteiger partial charge < -0.3 is 24.9 Å². The molecule has 4 rings (SSSR count). The molecule has 0 aliphatic carbocycles. The van der Waals surface area contributed by atoms with E-state index in [-0.39, 0.29) is 11.5 Å². The van der Waals surface area contributed by atoms with E-state index < -0.39 is 11.7 Å². The van der Waals surface area contributed by atoms with Gasteiger partial charge in [0.1, 0.15) is 22.8 Å². The van der Waals surface area contributed by atoms with Gasteiger partial charge in [0.05, 0.1) is 18.7 Å². The molecule has 7 heteroatoms. The quantitative estimate of drug-likeness (QED) is 0.327. The number of ketones is 1. The lowest BCUT2D eigenvalue weighted by Crippen LogP contribution is -2.33. The lowest BCUT2D eigenvalue weighted by molar-refractivity contribution is 0.0958. The molecule has 0 bridgehead atoms. The number of phenolic OH excluding ortho intramolecular Hbond substituents is 1. The number of benzene rings is 3. The molecule has 0 radical (unpaired) electrons. The van der Waals surface area contributed by atoms with Gasteiger partial charge in [0.2, 0.25) is 0 Å². The summed E-state index contributed by atoms with van der Waals surface area (Å²) >= 11 is 0. The molecule has 0 fully saturated rings. The summed E-state index contributed by atoms with van der Waals surface area (Å²) in [6.45, 7) is 0. The number of aromatic hydroxyl groups is 1. The van der Waals surface area contributed by atoms with E-state index in [0.717, 1.165) is 10.9 Å². The summed E-state index contributed by atoms with van der Waals surface area (Å²) in [5.41, 5.74) is 8.34. The molecule has 3 N–H and O–H groups in total. The van der Waals surface area contributed by atoms with Crippen molar-refractivity contribution < 1.29 is 19.1 Å². The van der Waals surface area contributed by atoms with Gasteiger partial charge in [-0.3, -0.25) is 4.79 Å². The van der Waals surface area contributed by atoms with Crippen LogP contribution in [0.25, 0.3) is 11.0 Å². The number of rotatable bonds is 7. The number of methoxy groups -OCH3 is 1. The van der Waals surface area contributed by atoms with Crippen LogP contribution in [0.2, 0.25) is 0 Å². The van der Waals surface area contributed by atoms with E-state index >= 15 is 0 Å². The fourth-order valence-electron chi connectivity index (χ4n) is 3.70. The summed E-state index contributed by atoms with van der Waals surface area (Å²) in [6.07, 6.45) is 0.302. The number of hydrogen-bond acceptors (Lipinski definition) is 7. The van der Waals surface area contributed by atoms with Crippen LogP contribution >= 0.6 is 0 Å². The average molecular weight is 444 g/mol. The van der Waals surface area contributed by atoms with Crippen molar-refractivity contribution in [3.63, 3.8) is 0 Å². The molecule has 0 aliphatic rings. The van der Waals surface area contributed by atoms with Gasteiger partial charge in [-0.15, -0.1) is 0 Å². The number of Topliss-reactive ketones (excluding diaryl/α,β-unsaturated/α-hetero) is 1. The number of anilines is 2. The highest BCUT2D eigenvalue weighted by Gasteiger charge is 2.22. The van der Waals surface area contributed by atoms with Crippen LogP contribution in [0, 0.1) is 0 Å². The molecule has 1 heterocycles. The largest absolute Gasteiger partial charge is 0.508 e. The molecule has 4 aromatic rings. The van der Waals surface area contributed by atoms with Crippen LogP contribution in [0.5, 0.6) is 11.5 Å². The second-order valence-corrected chi connectivity index (χ2v) is 7.74. The first kappa shape index (κ1) is 22.1. The van der Waals surface area contributed by atoms with Crippen LogP contribution in [-0.4, -0.2) is 31.1 Å². The summed E-state index contributed by atoms with van der Waals surface area (Å²) < 4.78 is 10.8. The van der Waals surface area contributed by atoms with Crippen molar-refractivity contribution in [3.05, 3.63) is 94.3 Å². The Balaban J connectivity index is 1.66. The molecule has 0 saturated heterocycles. The molecular weight excluding hydrogens is 420 g/mol. The number of carbonyl (C=O) groups is 1. The topological polar surface area (TPSA) is 106 Å². The van der Waals surface area contributed by atoms with E-state index in [9.17, 15) is 14.7 Å². The molecule has 1 aromatic heterocycles. The third kappa shape index (κ3) is 4.58. The third-order valence-electron chi connectivity index (χ3n) is 5.55. The highest BCUT2D eigenvalue weighted by Crippen LogP contribution is 2.30. The van der Waals surface area contributed by atoms with Crippen molar-refractivity contribution in [2.75, 3.05) is 19.1 Å². The highest BCUT2D eigenvalue weighted by molar-refractivity contribution is 6.03. The zero-order valence-corrected chi connectivity index (χ0v) is 18.3. The number of nitrogens with zero attached hydrogens (tertiary/aromatic N) is 1. The van der Waals surface area contributed by atoms with E-state index in [0.29, 0.717) is 34.7 Å². The predicted molar refractivity (Wildman–Crippen MR) is 128 cm³/mol. The molecule has 3 aromatic carbocycles. The molecule has 33 heavy (non-hydrogen) atoms. The van der Waals surface area contributed by atoms with Gasteiger partial charge in [-0.1, -0.05) is 30.3 Å². The minimum absolute atomic E-state index is 0.147. The van der Waals surface area contributed by atoms with Crippen molar-refractivity contribution in [1.29, 1.82) is 0 Å². The van der Waals surface area contributed by atoms with Crippen LogP contribution in [0.4, 0.5) is 11.4 Å². The van der Waals surface area contributed by atoms with Gasteiger partial charge in [0.15, 0.2) is 5.78 Å². The van der Waals surface area contributed by atoms with Gasteiger partial charge >= 0.3 is 5.63 Å². The number of phenols is 1. The minimum Gasteiger partial charge on any atom is -0.508 e. The fourth-order valence-corrected chi connectivity index (χ4v) is 3.70. The van der Waals surface area contributed by atoms with Gasteiger partial charge in [0, 0.05) is 18.1 Å². The van der Waals surface area contributed by atoms with Crippen LogP contribution in [0.3, 0.4) is 0 Å². The van der Waals surface area contributed by atoms with E-state index in [4.69, 9.17) is 14.9 Å². The lowest BCUT2D eigenvalue weighted by Gasteiger charge is -2.21. The highest BCUT2D eigenvalue weighted by atomic mass is 16.5. The summed E-state index contributed by atoms with van der Waals surface area (Å²) in [5.74, 6) is 0.249. The molecule has 7 nitrogen and oxygen atoms in total. The molecule has 1 atom stereocenters. The zero-order valence-electron chi connectivity index (χ0n) is 18.3. The van der Waals surface area contributed by atoms with Crippen LogP contribution < -0.4 is 21.0 Å². The Kier molecular flexibility index (Phi) is 6.15. The van der Waals surface area contributed by atoms with Crippen LogP contribution in [0.1, 0.15) is 15.9 Å². The number of carbonyl (C=O) groups excluding carboxylic acids is 1. The first-order valence-corrected chi connectivity index (χ1v) is 10.4. The standard InChI is InChI=1S/C26H24N2O5/c1-28(22-14-17-5-3-4-6-23(17)33-26(22)31)18-9-12-24(32-2)20(15-18)25(30)21(27)13-16-7-10-19(29)11-8-16/h3-12,14-15,21,29H,13,27H2,1-2H3/t21-/m0/s1. The first-order chi connectivity index (χ1) is 15.9. The summed E-state index contributed by atoms with van der Waals surface area (Å²) in [5, 5.41) is 10.2. The maximum Gasteiger partial charge on any atom is 0.360 e. The SMILES string of the molecule is COc1ccc(N(C)c2cc3ccccc3oc2=O)cc1C(=O)[C@@H](N)Cc1ccc(O)cc1. The number of fused-ring (bicyclic) bond motifs is 1. The minimum atomic E-state index is -0.810. The van der Waals surface area contributed by atoms with Crippen molar-refractivity contribution in [1.82, 2.24) is 0 Å². The smallest absolute Gasteiger partial charge is 0.360 e. The van der Waals surface area contributed by atoms with Crippen molar-refractivity contribution >= 4 is 28.1 Å². The van der Waals surface area contributed by atoms with Crippen LogP contribution in [-0.2, 0) is 6.42 Å². The second-order valence-electron chi connectivity index (χ2n) is 7.74. The second kappa shape index (κ2) is 9.18. The summed E-state index contributed by atoms with van der Waals surface area (Å²) in [6, 6.07) is 19.9. The van der Waals surface area contributed by atoms with Gasteiger partial charge in [0.25, 0.3) is 0 Å². The van der Waals surface area contributed by atoms with Gasteiger partial charge in [-0.2, -0.15) is 0 Å². The summed E-state index contributed by atoms with van der Waals surface area (Å²) in [7, 11) is 3.21. The predicted octanol–water partition coefficient (Wildman–Crippen LogP) is 4.03. The molecule has 0 saturated carbocycles. The Bertz CT molecular complexity index is 1360. The Morgan fingerprint density at radius 1 is 1.09 bits per heavy atom. The van der Waals surface area contributed by atoms with Crippen LogP contribution in [0.15, 0.2) is 82.0 Å². The molecule has 0 unspecified atom stereocenters. The summed E-state index contributed by atoms with van der Waals surface area (Å²) in [4.78, 5) is 27.4. The molecule has 0 amide bonds. The number of nitrogens with two attached hydrogens (primary N) is 1. The first-order valence-electron chi connectivity index (χ1n) is 10.4. The fraction of sp³-hybridized carbons (Fsp3) is 0.154. The molecule has 0 aliphatic heterocycles. The van der Waals surface area contributed by atoms with E-state index in [1.807, 2.05) is 12.1 Å². The lowest BCUT2D eigenvalue weighted by atomic mass is 9.97. The van der Waals surface area contributed by atoms with E-state index in [1.165, 1.54) is 7.11 Å². The molecular formula is C26H24N2O5. The number of hydrogen-bond donors (Lipinski definition) is 2. The Hall–Kier alpha value is -4.10. The molecule has 0 spiro atoms. The molecule has 168 valence electrons. The van der Waals surface area contributed by atoms with Gasteiger partial charge in [-0.05, 0) is 54.4 Å². The average Bonchev–Trinajstić information content (AvgIpc) is 2.83. The normalized spacial score (nSPS) is 11.8. The number of para-hydroxylation sites is 1. The zero-order chi connectivity index (χ0) is 23.5. The Labute approximate surface area is 190 Å². The van der Waals surface area contributed by atoms with Gasteiger partial charge in [-0.25, -0.2) is 4.79 Å². The van der Waals surface area contributed by atoms with E-state index in [2.05, 4.69) is 0 Å². The Morgan fingerprint density at radius 2 is 1.82 bits per heavy atom. The van der Waals surface area contributed by atoms with Crippen molar-refractivity contribution in [2.45, 2.75) is 12.5 Å². The maximum absolute atomic E-state index is 13.2.